The van der Waals surface area contributed by atoms with Crippen molar-refractivity contribution < 1.29 is 9.53 Å². The molecule has 4 rings (SSSR count). The molecule has 0 spiro atoms. The van der Waals surface area contributed by atoms with Crippen LogP contribution in [0.5, 0.6) is 0 Å². The van der Waals surface area contributed by atoms with E-state index in [-0.39, 0.29) is 5.91 Å². The Morgan fingerprint density at radius 2 is 2.07 bits per heavy atom. The summed E-state index contributed by atoms with van der Waals surface area (Å²) in [6, 6.07) is 14.5. The van der Waals surface area contributed by atoms with Crippen molar-refractivity contribution in [2.45, 2.75) is 13.1 Å². The van der Waals surface area contributed by atoms with Gasteiger partial charge in [-0.3, -0.25) is 9.48 Å². The predicted molar refractivity (Wildman–Crippen MR) is 112 cm³/mol. The van der Waals surface area contributed by atoms with Gasteiger partial charge in [0, 0.05) is 31.7 Å². The van der Waals surface area contributed by atoms with E-state index in [1.807, 2.05) is 35.1 Å². The lowest BCUT2D eigenvalue weighted by atomic mass is 10.2. The van der Waals surface area contributed by atoms with Crippen molar-refractivity contribution in [2.75, 3.05) is 19.0 Å². The third-order valence-electron chi connectivity index (χ3n) is 4.59. The molecule has 0 saturated carbocycles. The largest absolute Gasteiger partial charge is 0.383 e. The zero-order valence-corrected chi connectivity index (χ0v) is 16.6. The van der Waals surface area contributed by atoms with Crippen LogP contribution in [0.15, 0.2) is 60.9 Å². The summed E-state index contributed by atoms with van der Waals surface area (Å²) in [4.78, 5) is 17.3. The minimum Gasteiger partial charge on any atom is -0.383 e. The molecule has 0 unspecified atom stereocenters. The number of nitrogens with one attached hydrogen (secondary N) is 1. The summed E-state index contributed by atoms with van der Waals surface area (Å²) in [5.41, 5.74) is 2.85. The van der Waals surface area contributed by atoms with Crippen molar-refractivity contribution >= 4 is 34.2 Å². The quantitative estimate of drug-likeness (QED) is 0.503. The first-order valence-corrected chi connectivity index (χ1v) is 9.55. The number of anilines is 1. The Bertz CT molecular complexity index is 1140. The molecule has 0 atom stereocenters. The van der Waals surface area contributed by atoms with Gasteiger partial charge in [0.1, 0.15) is 5.82 Å². The van der Waals surface area contributed by atoms with E-state index < -0.39 is 0 Å². The van der Waals surface area contributed by atoms with Crippen molar-refractivity contribution in [3.8, 4) is 0 Å². The third-order valence-corrected chi connectivity index (χ3v) is 4.91. The second-order valence-electron chi connectivity index (χ2n) is 6.51. The fraction of sp³-hybridized carbons (Fsp3) is 0.190. The molecule has 0 radical (unpaired) electrons. The van der Waals surface area contributed by atoms with Crippen LogP contribution in [0.4, 0.5) is 5.69 Å². The number of hydrogen-bond acceptors (Lipinski definition) is 4. The van der Waals surface area contributed by atoms with Gasteiger partial charge in [0.25, 0.3) is 5.91 Å². The van der Waals surface area contributed by atoms with E-state index in [4.69, 9.17) is 21.3 Å². The van der Waals surface area contributed by atoms with Gasteiger partial charge in [-0.05, 0) is 36.4 Å². The van der Waals surface area contributed by atoms with E-state index in [0.717, 1.165) is 16.9 Å². The number of aromatic nitrogens is 4. The van der Waals surface area contributed by atoms with Crippen LogP contribution in [0.1, 0.15) is 16.2 Å². The van der Waals surface area contributed by atoms with E-state index in [9.17, 15) is 4.79 Å². The molecule has 0 aliphatic heterocycles. The van der Waals surface area contributed by atoms with Crippen LogP contribution in [-0.2, 0) is 17.8 Å². The van der Waals surface area contributed by atoms with Gasteiger partial charge < -0.3 is 14.6 Å². The normalized spacial score (nSPS) is 11.1. The summed E-state index contributed by atoms with van der Waals surface area (Å²) in [5.74, 6) is 0.612. The molecule has 2 aromatic heterocycles. The Labute approximate surface area is 172 Å². The highest BCUT2D eigenvalue weighted by molar-refractivity contribution is 6.34. The Morgan fingerprint density at radius 3 is 2.83 bits per heavy atom. The summed E-state index contributed by atoms with van der Waals surface area (Å²) >= 11 is 6.12. The number of amides is 1. The summed E-state index contributed by atoms with van der Waals surface area (Å²) < 4.78 is 9.19. The second-order valence-corrected chi connectivity index (χ2v) is 6.92. The first-order chi connectivity index (χ1) is 14.2. The average molecular weight is 410 g/mol. The lowest BCUT2D eigenvalue weighted by Crippen LogP contribution is -2.12. The topological polar surface area (TPSA) is 74.0 Å². The number of fused-ring (bicyclic) bond motifs is 1. The zero-order valence-electron chi connectivity index (χ0n) is 15.9. The van der Waals surface area contributed by atoms with E-state index in [2.05, 4.69) is 15.0 Å². The summed E-state index contributed by atoms with van der Waals surface area (Å²) in [6.07, 6.45) is 3.64. The van der Waals surface area contributed by atoms with Crippen molar-refractivity contribution in [2.24, 2.45) is 0 Å². The lowest BCUT2D eigenvalue weighted by molar-refractivity contribution is 0.102. The minimum atomic E-state index is -0.259. The van der Waals surface area contributed by atoms with Crippen LogP contribution >= 0.6 is 11.6 Å². The van der Waals surface area contributed by atoms with Gasteiger partial charge in [0.15, 0.2) is 0 Å². The fourth-order valence-electron chi connectivity index (χ4n) is 3.19. The molecule has 0 saturated heterocycles. The smallest absolute Gasteiger partial charge is 0.257 e. The van der Waals surface area contributed by atoms with Crippen molar-refractivity contribution in [3.05, 3.63) is 77.3 Å². The Morgan fingerprint density at radius 1 is 1.21 bits per heavy atom. The molecule has 4 aromatic rings. The van der Waals surface area contributed by atoms with Gasteiger partial charge in [-0.2, -0.15) is 5.10 Å². The molecule has 2 aromatic carbocycles. The van der Waals surface area contributed by atoms with Gasteiger partial charge >= 0.3 is 0 Å². The standard InChI is InChI=1S/C21H20ClN5O2/c1-29-12-11-27-19-8-7-15(24-21(28)16-5-2-3-6-17(16)22)13-18(19)25-20(27)14-26-10-4-9-23-26/h2-10,13H,11-12,14H2,1H3,(H,24,28). The number of methoxy groups -OCH3 is 1. The monoisotopic (exact) mass is 409 g/mol. The molecule has 0 fully saturated rings. The number of halogens is 1. The zero-order chi connectivity index (χ0) is 20.2. The Balaban J connectivity index is 1.64. The van der Waals surface area contributed by atoms with E-state index in [1.165, 1.54) is 0 Å². The van der Waals surface area contributed by atoms with Crippen molar-refractivity contribution in [3.63, 3.8) is 0 Å². The van der Waals surface area contributed by atoms with Crippen LogP contribution < -0.4 is 5.32 Å². The molecule has 0 aliphatic carbocycles. The third kappa shape index (κ3) is 4.16. The first kappa shape index (κ1) is 19.2. The minimum absolute atomic E-state index is 0.259. The number of ether oxygens (including phenoxy) is 1. The van der Waals surface area contributed by atoms with Gasteiger partial charge in [-0.15, -0.1) is 0 Å². The molecule has 2 heterocycles. The molecule has 148 valence electrons. The second kappa shape index (κ2) is 8.46. The average Bonchev–Trinajstić information content (AvgIpc) is 3.34. The molecule has 7 nitrogen and oxygen atoms in total. The van der Waals surface area contributed by atoms with Gasteiger partial charge in [-0.25, -0.2) is 4.98 Å². The molecule has 0 aliphatic rings. The number of carbonyl (C=O) groups excluding carboxylic acids is 1. The van der Waals surface area contributed by atoms with Crippen LogP contribution in [-0.4, -0.2) is 39.0 Å². The highest BCUT2D eigenvalue weighted by Gasteiger charge is 2.14. The number of carbonyl (C=O) groups is 1. The molecule has 0 bridgehead atoms. The molecule has 8 heteroatoms. The van der Waals surface area contributed by atoms with Gasteiger partial charge in [0.05, 0.1) is 34.8 Å². The van der Waals surface area contributed by atoms with Crippen molar-refractivity contribution in [1.82, 2.24) is 19.3 Å². The number of imidazole rings is 1. The van der Waals surface area contributed by atoms with E-state index >= 15 is 0 Å². The van der Waals surface area contributed by atoms with Gasteiger partial charge in [0.2, 0.25) is 0 Å². The predicted octanol–water partition coefficient (Wildman–Crippen LogP) is 3.83. The Hall–Kier alpha value is -3.16. The first-order valence-electron chi connectivity index (χ1n) is 9.17. The highest BCUT2D eigenvalue weighted by Crippen LogP contribution is 2.23. The summed E-state index contributed by atoms with van der Waals surface area (Å²) in [5, 5.41) is 7.57. The lowest BCUT2D eigenvalue weighted by Gasteiger charge is -2.09. The number of rotatable bonds is 7. The SMILES string of the molecule is COCCn1c(Cn2cccn2)nc2cc(NC(=O)c3ccccc3Cl)ccc21. The number of hydrogen-bond donors (Lipinski definition) is 1. The van der Waals surface area contributed by atoms with E-state index in [0.29, 0.717) is 36.0 Å². The molecule has 1 N–H and O–H groups in total. The van der Waals surface area contributed by atoms with Crippen LogP contribution in [0.25, 0.3) is 11.0 Å². The maximum absolute atomic E-state index is 12.5. The molecular formula is C21H20ClN5O2. The van der Waals surface area contributed by atoms with Crippen molar-refractivity contribution in [1.29, 1.82) is 0 Å². The maximum Gasteiger partial charge on any atom is 0.257 e. The maximum atomic E-state index is 12.5. The Kier molecular flexibility index (Phi) is 5.59. The summed E-state index contributed by atoms with van der Waals surface area (Å²) in [6.45, 7) is 1.80. The van der Waals surface area contributed by atoms with Crippen LogP contribution in [0.3, 0.4) is 0 Å². The van der Waals surface area contributed by atoms with Crippen LogP contribution in [0, 0.1) is 0 Å². The molecule has 29 heavy (non-hydrogen) atoms. The van der Waals surface area contributed by atoms with Gasteiger partial charge in [-0.1, -0.05) is 23.7 Å². The highest BCUT2D eigenvalue weighted by atomic mass is 35.5. The summed E-state index contributed by atoms with van der Waals surface area (Å²) in [7, 11) is 1.68. The van der Waals surface area contributed by atoms with E-state index in [1.54, 1.807) is 37.6 Å². The molecule has 1 amide bonds. The van der Waals surface area contributed by atoms with Crippen LogP contribution in [0.2, 0.25) is 5.02 Å². The number of nitrogens with zero attached hydrogens (tertiary/aromatic N) is 4. The fourth-order valence-corrected chi connectivity index (χ4v) is 3.41. The molecular weight excluding hydrogens is 390 g/mol. The number of benzene rings is 2.